The predicted molar refractivity (Wildman–Crippen MR) is 95.0 cm³/mol. The van der Waals surface area contributed by atoms with Crippen molar-refractivity contribution >= 4 is 5.84 Å². The van der Waals surface area contributed by atoms with Gasteiger partial charge in [-0.15, -0.1) is 0 Å². The van der Waals surface area contributed by atoms with Gasteiger partial charge in [0.05, 0.1) is 0 Å². The van der Waals surface area contributed by atoms with Crippen molar-refractivity contribution in [2.24, 2.45) is 0 Å². The first-order valence-electron chi connectivity index (χ1n) is 7.88. The van der Waals surface area contributed by atoms with Crippen LogP contribution in [0.4, 0.5) is 0 Å². The number of nitrogens with zero attached hydrogens (tertiary/aromatic N) is 1. The molecule has 2 rings (SSSR count). The van der Waals surface area contributed by atoms with Crippen LogP contribution in [-0.2, 0) is 6.42 Å². The Morgan fingerprint density at radius 2 is 1.64 bits per heavy atom. The van der Waals surface area contributed by atoms with Crippen LogP contribution in [-0.4, -0.2) is 24.3 Å². The molecule has 0 spiro atoms. The normalized spacial score (nSPS) is 10.6. The van der Waals surface area contributed by atoms with Gasteiger partial charge in [0.25, 0.3) is 0 Å². The van der Waals surface area contributed by atoms with Crippen molar-refractivity contribution in [2.45, 2.75) is 34.1 Å². The van der Waals surface area contributed by atoms with Gasteiger partial charge >= 0.3 is 0 Å². The van der Waals surface area contributed by atoms with Crippen LogP contribution >= 0.6 is 0 Å². The van der Waals surface area contributed by atoms with E-state index in [-0.39, 0.29) is 0 Å². The molecular weight excluding hydrogens is 268 g/mol. The van der Waals surface area contributed by atoms with E-state index < -0.39 is 0 Å². The predicted octanol–water partition coefficient (Wildman–Crippen LogP) is 4.48. The number of nitrogens with one attached hydrogen (secondary N) is 1. The van der Waals surface area contributed by atoms with E-state index in [9.17, 15) is 0 Å². The Kier molecular flexibility index (Phi) is 5.02. The number of aryl methyl sites for hydroxylation is 3. The average Bonchev–Trinajstić information content (AvgIpc) is 2.51. The lowest BCUT2D eigenvalue weighted by Crippen LogP contribution is -2.27. The van der Waals surface area contributed by atoms with Crippen LogP contribution in [0.1, 0.15) is 40.3 Å². The Bertz CT molecular complexity index is 686. The molecular formula is C20H26N2. The minimum absolute atomic E-state index is 0.602. The van der Waals surface area contributed by atoms with E-state index in [4.69, 9.17) is 5.41 Å². The molecule has 2 aromatic carbocycles. The first kappa shape index (κ1) is 16.3. The van der Waals surface area contributed by atoms with Crippen molar-refractivity contribution in [1.82, 2.24) is 4.90 Å². The Morgan fingerprint density at radius 3 is 2.27 bits per heavy atom. The standard InChI is InChI=1S/C20H26N2/c1-6-22(5)20(21)19-12-15(3)18(11-16(19)4)13-17-10-8-7-9-14(17)2/h7-12,21H,6,13H2,1-5H3. The van der Waals surface area contributed by atoms with Gasteiger partial charge in [0.2, 0.25) is 0 Å². The fourth-order valence-corrected chi connectivity index (χ4v) is 2.70. The van der Waals surface area contributed by atoms with Gasteiger partial charge in [-0.05, 0) is 68.0 Å². The molecule has 0 heterocycles. The van der Waals surface area contributed by atoms with Gasteiger partial charge in [-0.2, -0.15) is 0 Å². The number of benzene rings is 2. The number of hydrogen-bond acceptors (Lipinski definition) is 1. The van der Waals surface area contributed by atoms with Crippen molar-refractivity contribution < 1.29 is 0 Å². The number of hydrogen-bond donors (Lipinski definition) is 1. The second-order valence-corrected chi connectivity index (χ2v) is 6.06. The summed E-state index contributed by atoms with van der Waals surface area (Å²) >= 11 is 0. The zero-order chi connectivity index (χ0) is 16.3. The zero-order valence-corrected chi connectivity index (χ0v) is 14.3. The second-order valence-electron chi connectivity index (χ2n) is 6.06. The molecule has 0 saturated carbocycles. The molecule has 0 aliphatic heterocycles. The minimum Gasteiger partial charge on any atom is -0.360 e. The highest BCUT2D eigenvalue weighted by Crippen LogP contribution is 2.21. The van der Waals surface area contributed by atoms with Crippen molar-refractivity contribution in [2.75, 3.05) is 13.6 Å². The molecule has 0 atom stereocenters. The summed E-state index contributed by atoms with van der Waals surface area (Å²) in [6, 6.07) is 13.0. The van der Waals surface area contributed by atoms with Crippen LogP contribution in [0.3, 0.4) is 0 Å². The van der Waals surface area contributed by atoms with Crippen molar-refractivity contribution in [3.05, 3.63) is 69.8 Å². The molecule has 116 valence electrons. The summed E-state index contributed by atoms with van der Waals surface area (Å²) in [6.45, 7) is 9.34. The van der Waals surface area contributed by atoms with E-state index in [1.54, 1.807) is 0 Å². The van der Waals surface area contributed by atoms with Crippen LogP contribution in [0.15, 0.2) is 36.4 Å². The molecule has 22 heavy (non-hydrogen) atoms. The first-order valence-corrected chi connectivity index (χ1v) is 7.88. The fourth-order valence-electron chi connectivity index (χ4n) is 2.70. The third-order valence-electron chi connectivity index (χ3n) is 4.44. The molecule has 0 unspecified atom stereocenters. The summed E-state index contributed by atoms with van der Waals surface area (Å²) in [5.41, 5.74) is 7.54. The van der Waals surface area contributed by atoms with E-state index in [1.807, 2.05) is 11.9 Å². The minimum atomic E-state index is 0.602. The second kappa shape index (κ2) is 6.78. The summed E-state index contributed by atoms with van der Waals surface area (Å²) in [5.74, 6) is 0.602. The highest BCUT2D eigenvalue weighted by molar-refractivity contribution is 5.97. The Morgan fingerprint density at radius 1 is 0.955 bits per heavy atom. The molecule has 2 heteroatoms. The maximum atomic E-state index is 8.32. The quantitative estimate of drug-likeness (QED) is 0.653. The van der Waals surface area contributed by atoms with Crippen molar-refractivity contribution in [3.63, 3.8) is 0 Å². The number of amidine groups is 1. The van der Waals surface area contributed by atoms with Crippen molar-refractivity contribution in [1.29, 1.82) is 5.41 Å². The molecule has 0 aliphatic rings. The topological polar surface area (TPSA) is 27.1 Å². The molecule has 0 saturated heterocycles. The van der Waals surface area contributed by atoms with Crippen LogP contribution in [0.2, 0.25) is 0 Å². The molecule has 0 bridgehead atoms. The van der Waals surface area contributed by atoms with Gasteiger partial charge in [-0.3, -0.25) is 5.41 Å². The van der Waals surface area contributed by atoms with E-state index in [0.717, 1.165) is 18.5 Å². The van der Waals surface area contributed by atoms with Gasteiger partial charge in [-0.1, -0.05) is 30.3 Å². The highest BCUT2D eigenvalue weighted by atomic mass is 15.1. The summed E-state index contributed by atoms with van der Waals surface area (Å²) in [7, 11) is 1.97. The largest absolute Gasteiger partial charge is 0.360 e. The molecule has 0 aliphatic carbocycles. The number of rotatable bonds is 4. The summed E-state index contributed by atoms with van der Waals surface area (Å²) in [6.07, 6.45) is 0.955. The zero-order valence-electron chi connectivity index (χ0n) is 14.3. The lowest BCUT2D eigenvalue weighted by atomic mass is 9.93. The van der Waals surface area contributed by atoms with Gasteiger partial charge in [0.1, 0.15) is 5.84 Å². The molecule has 0 radical (unpaired) electrons. The average molecular weight is 294 g/mol. The molecule has 1 N–H and O–H groups in total. The lowest BCUT2D eigenvalue weighted by Gasteiger charge is -2.21. The van der Waals surface area contributed by atoms with Crippen LogP contribution < -0.4 is 0 Å². The fraction of sp³-hybridized carbons (Fsp3) is 0.350. The van der Waals surface area contributed by atoms with Gasteiger partial charge in [0, 0.05) is 19.2 Å². The van der Waals surface area contributed by atoms with E-state index in [1.165, 1.54) is 27.8 Å². The maximum Gasteiger partial charge on any atom is 0.128 e. The van der Waals surface area contributed by atoms with Gasteiger partial charge in [0.15, 0.2) is 0 Å². The Hall–Kier alpha value is -2.09. The summed E-state index contributed by atoms with van der Waals surface area (Å²) < 4.78 is 0. The highest BCUT2D eigenvalue weighted by Gasteiger charge is 2.12. The first-order chi connectivity index (χ1) is 10.4. The summed E-state index contributed by atoms with van der Waals surface area (Å²) in [4.78, 5) is 1.97. The Balaban J connectivity index is 2.35. The van der Waals surface area contributed by atoms with E-state index in [2.05, 4.69) is 64.1 Å². The molecule has 0 amide bonds. The molecule has 2 aromatic rings. The monoisotopic (exact) mass is 294 g/mol. The van der Waals surface area contributed by atoms with Crippen LogP contribution in [0.25, 0.3) is 0 Å². The third kappa shape index (κ3) is 3.38. The van der Waals surface area contributed by atoms with Gasteiger partial charge < -0.3 is 4.90 Å². The third-order valence-corrected chi connectivity index (χ3v) is 4.44. The SMILES string of the molecule is CCN(C)C(=N)c1cc(C)c(Cc2ccccc2C)cc1C. The lowest BCUT2D eigenvalue weighted by molar-refractivity contribution is 0.532. The van der Waals surface area contributed by atoms with Crippen LogP contribution in [0.5, 0.6) is 0 Å². The van der Waals surface area contributed by atoms with E-state index in [0.29, 0.717) is 5.84 Å². The molecule has 2 nitrogen and oxygen atoms in total. The van der Waals surface area contributed by atoms with Crippen LogP contribution in [0, 0.1) is 26.2 Å². The van der Waals surface area contributed by atoms with E-state index >= 15 is 0 Å². The molecule has 0 aromatic heterocycles. The smallest absolute Gasteiger partial charge is 0.128 e. The Labute approximate surface area is 134 Å². The summed E-state index contributed by atoms with van der Waals surface area (Å²) in [5, 5.41) is 8.32. The molecule has 0 fully saturated rings. The van der Waals surface area contributed by atoms with Crippen molar-refractivity contribution in [3.8, 4) is 0 Å². The maximum absolute atomic E-state index is 8.32. The van der Waals surface area contributed by atoms with Gasteiger partial charge in [-0.25, -0.2) is 0 Å².